The van der Waals surface area contributed by atoms with E-state index < -0.39 is 11.9 Å². The molecule has 0 aromatic carbocycles. The molecule has 3 aromatic rings. The molecule has 4 rings (SSSR count). The molecule has 0 saturated carbocycles. The number of alkyl halides is 3. The lowest BCUT2D eigenvalue weighted by Crippen LogP contribution is -2.09. The third-order valence-corrected chi connectivity index (χ3v) is 4.71. The fourth-order valence-corrected chi connectivity index (χ4v) is 3.19. The second-order valence-corrected chi connectivity index (χ2v) is 7.05. The quantitative estimate of drug-likeness (QED) is 0.620. The van der Waals surface area contributed by atoms with Crippen LogP contribution in [0.1, 0.15) is 28.3 Å². The number of fused-ring (bicyclic) bond motifs is 1. The highest BCUT2D eigenvalue weighted by atomic mass is 35.5. The maximum absolute atomic E-state index is 12.5. The summed E-state index contributed by atoms with van der Waals surface area (Å²) in [5.41, 5.74) is 1.75. The van der Waals surface area contributed by atoms with E-state index in [4.69, 9.17) is 11.6 Å². The number of nitrogens with one attached hydrogen (secondary N) is 1. The van der Waals surface area contributed by atoms with E-state index in [1.54, 1.807) is 12.4 Å². The fraction of sp³-hybridized carbons (Fsp3) is 0.200. The van der Waals surface area contributed by atoms with Crippen LogP contribution in [0.2, 0.25) is 5.02 Å². The second-order valence-electron chi connectivity index (χ2n) is 6.61. The molecule has 29 heavy (non-hydrogen) atoms. The van der Waals surface area contributed by atoms with E-state index in [1.165, 1.54) is 12.3 Å². The van der Waals surface area contributed by atoms with E-state index in [-0.39, 0.29) is 5.92 Å². The van der Waals surface area contributed by atoms with Gasteiger partial charge in [0.25, 0.3) is 0 Å². The summed E-state index contributed by atoms with van der Waals surface area (Å²) in [6.45, 7) is 0.324. The maximum atomic E-state index is 12.5. The summed E-state index contributed by atoms with van der Waals surface area (Å²) < 4.78 is 37.6. The number of hydrogen-bond acceptors (Lipinski definition) is 5. The number of pyridine rings is 3. The SMILES string of the molecule is FC(F)(F)c1ccc(CNc2ccc(CC3C=Nc4ncc(Cl)cc43)cn2)cn1. The molecule has 1 unspecified atom stereocenters. The minimum absolute atomic E-state index is 0.0926. The number of halogens is 4. The lowest BCUT2D eigenvalue weighted by Gasteiger charge is -2.11. The number of rotatable bonds is 5. The Bertz CT molecular complexity index is 1030. The molecule has 0 radical (unpaired) electrons. The Morgan fingerprint density at radius 1 is 0.966 bits per heavy atom. The van der Waals surface area contributed by atoms with Crippen LogP contribution in [0, 0.1) is 0 Å². The third-order valence-electron chi connectivity index (χ3n) is 4.51. The molecule has 148 valence electrons. The number of nitrogens with zero attached hydrogens (tertiary/aromatic N) is 4. The first-order valence-corrected chi connectivity index (χ1v) is 9.17. The molecule has 1 atom stereocenters. The van der Waals surface area contributed by atoms with Gasteiger partial charge in [0.05, 0.1) is 5.02 Å². The zero-order valence-electron chi connectivity index (χ0n) is 15.0. The minimum atomic E-state index is -4.44. The van der Waals surface area contributed by atoms with Crippen LogP contribution < -0.4 is 5.32 Å². The fourth-order valence-electron chi connectivity index (χ4n) is 3.03. The van der Waals surface area contributed by atoms with E-state index in [9.17, 15) is 13.2 Å². The van der Waals surface area contributed by atoms with Crippen molar-refractivity contribution < 1.29 is 13.2 Å². The summed E-state index contributed by atoms with van der Waals surface area (Å²) in [6.07, 6.45) is 2.69. The van der Waals surface area contributed by atoms with Crippen molar-refractivity contribution >= 4 is 29.5 Å². The van der Waals surface area contributed by atoms with Crippen LogP contribution in [0.4, 0.5) is 24.8 Å². The second kappa shape index (κ2) is 7.79. The molecule has 0 saturated heterocycles. The summed E-state index contributed by atoms with van der Waals surface area (Å²) in [5, 5.41) is 3.66. The molecular weight excluding hydrogens is 403 g/mol. The van der Waals surface area contributed by atoms with E-state index in [0.29, 0.717) is 35.2 Å². The van der Waals surface area contributed by atoms with E-state index >= 15 is 0 Å². The molecular formula is C20H15ClF3N5. The molecule has 3 aromatic heterocycles. The molecule has 0 bridgehead atoms. The molecule has 5 nitrogen and oxygen atoms in total. The lowest BCUT2D eigenvalue weighted by molar-refractivity contribution is -0.141. The number of anilines is 1. The van der Waals surface area contributed by atoms with Crippen molar-refractivity contribution in [1.82, 2.24) is 15.0 Å². The standard InChI is InChI=1S/C20H15ClF3N5/c21-15-6-16-14(10-28-19(16)29-11-15)5-12-2-4-18(26-7-12)27-9-13-1-3-17(25-8-13)20(22,23)24/h1-4,6-8,10-11,14H,5,9H2,(H,26,27). The van der Waals surface area contributed by atoms with Crippen LogP contribution >= 0.6 is 11.6 Å². The Morgan fingerprint density at radius 2 is 1.76 bits per heavy atom. The molecule has 0 amide bonds. The summed E-state index contributed by atoms with van der Waals surface area (Å²) >= 11 is 6.03. The van der Waals surface area contributed by atoms with Crippen molar-refractivity contribution in [3.05, 3.63) is 76.3 Å². The summed E-state index contributed by atoms with van der Waals surface area (Å²) in [7, 11) is 0. The highest BCUT2D eigenvalue weighted by Gasteiger charge is 2.32. The minimum Gasteiger partial charge on any atom is -0.366 e. The molecule has 4 heterocycles. The lowest BCUT2D eigenvalue weighted by atomic mass is 9.96. The molecule has 1 aliphatic rings. The summed E-state index contributed by atoms with van der Waals surface area (Å²) in [4.78, 5) is 16.3. The van der Waals surface area contributed by atoms with Crippen LogP contribution in [0.3, 0.4) is 0 Å². The van der Waals surface area contributed by atoms with Gasteiger partial charge in [-0.15, -0.1) is 0 Å². The van der Waals surface area contributed by atoms with Crippen molar-refractivity contribution in [3.8, 4) is 0 Å². The molecule has 9 heteroatoms. The first-order chi connectivity index (χ1) is 13.9. The monoisotopic (exact) mass is 417 g/mol. The Morgan fingerprint density at radius 3 is 2.45 bits per heavy atom. The van der Waals surface area contributed by atoms with E-state index in [2.05, 4.69) is 25.3 Å². The van der Waals surface area contributed by atoms with Crippen molar-refractivity contribution in [3.63, 3.8) is 0 Å². The Kier molecular flexibility index (Phi) is 5.19. The van der Waals surface area contributed by atoms with Crippen molar-refractivity contribution in [1.29, 1.82) is 0 Å². The van der Waals surface area contributed by atoms with Crippen LogP contribution in [0.15, 0.2) is 53.9 Å². The largest absolute Gasteiger partial charge is 0.433 e. The third kappa shape index (κ3) is 4.54. The maximum Gasteiger partial charge on any atom is 0.433 e. The Balaban J connectivity index is 1.36. The highest BCUT2D eigenvalue weighted by molar-refractivity contribution is 6.30. The molecule has 0 spiro atoms. The first kappa shape index (κ1) is 19.3. The first-order valence-electron chi connectivity index (χ1n) is 8.79. The van der Waals surface area contributed by atoms with Gasteiger partial charge in [0.1, 0.15) is 11.5 Å². The van der Waals surface area contributed by atoms with Gasteiger partial charge in [0.2, 0.25) is 0 Å². The number of hydrogen-bond donors (Lipinski definition) is 1. The van der Waals surface area contributed by atoms with Crippen molar-refractivity contribution in [2.24, 2.45) is 4.99 Å². The van der Waals surface area contributed by atoms with Gasteiger partial charge in [-0.1, -0.05) is 23.7 Å². The summed E-state index contributed by atoms with van der Waals surface area (Å²) in [6, 6.07) is 8.02. The van der Waals surface area contributed by atoms with Crippen LogP contribution in [-0.4, -0.2) is 21.2 Å². The molecule has 0 aliphatic carbocycles. The number of aliphatic imine (C=N–C) groups is 1. The van der Waals surface area contributed by atoms with Crippen LogP contribution in [0.5, 0.6) is 0 Å². The smallest absolute Gasteiger partial charge is 0.366 e. The predicted molar refractivity (Wildman–Crippen MR) is 105 cm³/mol. The Hall–Kier alpha value is -3.00. The van der Waals surface area contributed by atoms with Crippen molar-refractivity contribution in [2.45, 2.75) is 25.1 Å². The van der Waals surface area contributed by atoms with Gasteiger partial charge in [0, 0.05) is 42.8 Å². The molecule has 1 aliphatic heterocycles. The average molecular weight is 418 g/mol. The van der Waals surface area contributed by atoms with Crippen molar-refractivity contribution in [2.75, 3.05) is 5.32 Å². The summed E-state index contributed by atoms with van der Waals surface area (Å²) in [5.74, 6) is 1.41. The van der Waals surface area contributed by atoms with Gasteiger partial charge in [-0.05, 0) is 35.7 Å². The van der Waals surface area contributed by atoms with E-state index in [0.717, 1.165) is 17.2 Å². The van der Waals surface area contributed by atoms with E-state index in [1.807, 2.05) is 24.4 Å². The van der Waals surface area contributed by atoms with Gasteiger partial charge in [-0.3, -0.25) is 4.98 Å². The van der Waals surface area contributed by atoms with Gasteiger partial charge >= 0.3 is 6.18 Å². The molecule has 0 fully saturated rings. The zero-order valence-corrected chi connectivity index (χ0v) is 15.7. The van der Waals surface area contributed by atoms with Gasteiger partial charge < -0.3 is 5.32 Å². The normalized spacial score (nSPS) is 15.4. The average Bonchev–Trinajstić information content (AvgIpc) is 3.09. The highest BCUT2D eigenvalue weighted by Crippen LogP contribution is 2.34. The van der Waals surface area contributed by atoms with Crippen LogP contribution in [0.25, 0.3) is 0 Å². The molecule has 1 N–H and O–H groups in total. The van der Waals surface area contributed by atoms with Gasteiger partial charge in [0.15, 0.2) is 5.82 Å². The van der Waals surface area contributed by atoms with Gasteiger partial charge in [-0.2, -0.15) is 13.2 Å². The number of aromatic nitrogens is 3. The zero-order chi connectivity index (χ0) is 20.4. The Labute approximate surface area is 169 Å². The predicted octanol–water partition coefficient (Wildman–Crippen LogP) is 5.20. The van der Waals surface area contributed by atoms with Gasteiger partial charge in [-0.25, -0.2) is 15.0 Å². The van der Waals surface area contributed by atoms with Crippen LogP contribution in [-0.2, 0) is 19.1 Å². The topological polar surface area (TPSA) is 63.1 Å².